The molecule has 0 radical (unpaired) electrons. The number of hydrogen-bond donors (Lipinski definition) is 2. The van der Waals surface area contributed by atoms with Crippen LogP contribution in [0.15, 0.2) is 29.5 Å². The van der Waals surface area contributed by atoms with Crippen molar-refractivity contribution in [2.75, 3.05) is 20.3 Å². The topological polar surface area (TPSA) is 105 Å². The highest BCUT2D eigenvalue weighted by molar-refractivity contribution is 5.78. The predicted molar refractivity (Wildman–Crippen MR) is 115 cm³/mol. The Balaban J connectivity index is 1.69. The fourth-order valence-corrected chi connectivity index (χ4v) is 5.03. The van der Waals surface area contributed by atoms with Gasteiger partial charge in [-0.05, 0) is 19.1 Å². The second kappa shape index (κ2) is 8.17. The minimum absolute atomic E-state index is 0.0192. The van der Waals surface area contributed by atoms with Crippen molar-refractivity contribution >= 4 is 11.0 Å². The summed E-state index contributed by atoms with van der Waals surface area (Å²) in [6.45, 7) is 2.49. The van der Waals surface area contributed by atoms with Gasteiger partial charge in [0.25, 0.3) is 0 Å². The lowest BCUT2D eigenvalue weighted by Gasteiger charge is -2.35. The SMILES string of the molecule is COc1c([C@H]2[C@H](c3nc4c(C5(N=N)COC5)nccc4[nH]3)O[C@@](C)(C(F)(F)F)[C@H]2C)ccc(F)c1F. The zero-order chi connectivity index (χ0) is 26.0. The Kier molecular flexibility index (Phi) is 5.56. The molecule has 0 saturated carbocycles. The van der Waals surface area contributed by atoms with E-state index in [1.165, 1.54) is 19.2 Å². The van der Waals surface area contributed by atoms with E-state index in [0.717, 1.165) is 20.1 Å². The molecule has 36 heavy (non-hydrogen) atoms. The monoisotopic (exact) mass is 511 g/mol. The Morgan fingerprint density at radius 3 is 2.53 bits per heavy atom. The van der Waals surface area contributed by atoms with Crippen LogP contribution in [0.3, 0.4) is 0 Å². The number of nitrogens with one attached hydrogen (secondary N) is 2. The van der Waals surface area contributed by atoms with E-state index in [0.29, 0.717) is 16.7 Å². The number of methoxy groups -OCH3 is 1. The molecule has 0 spiro atoms. The van der Waals surface area contributed by atoms with E-state index in [4.69, 9.17) is 19.7 Å². The van der Waals surface area contributed by atoms with Crippen LogP contribution in [-0.2, 0) is 15.0 Å². The molecule has 4 heterocycles. The molecular formula is C23H22F5N5O3. The van der Waals surface area contributed by atoms with E-state index in [9.17, 15) is 22.0 Å². The summed E-state index contributed by atoms with van der Waals surface area (Å²) in [4.78, 5) is 11.8. The number of imidazole rings is 1. The van der Waals surface area contributed by atoms with E-state index in [1.807, 2.05) is 0 Å². The van der Waals surface area contributed by atoms with Crippen LogP contribution in [0.25, 0.3) is 11.0 Å². The summed E-state index contributed by atoms with van der Waals surface area (Å²) in [5.41, 5.74) is 5.05. The molecule has 0 bridgehead atoms. The number of nitrogens with zero attached hydrogens (tertiary/aromatic N) is 3. The normalized spacial score (nSPS) is 27.7. The van der Waals surface area contributed by atoms with Gasteiger partial charge in [0, 0.05) is 23.6 Å². The lowest BCUT2D eigenvalue weighted by atomic mass is 9.77. The third-order valence-electron chi connectivity index (χ3n) is 7.34. The minimum Gasteiger partial charge on any atom is -0.493 e. The summed E-state index contributed by atoms with van der Waals surface area (Å²) in [6, 6.07) is 3.63. The highest BCUT2D eigenvalue weighted by Gasteiger charge is 2.65. The molecule has 0 amide bonds. The van der Waals surface area contributed by atoms with Gasteiger partial charge in [-0.25, -0.2) is 14.9 Å². The highest BCUT2D eigenvalue weighted by Crippen LogP contribution is 2.59. The van der Waals surface area contributed by atoms with Crippen molar-refractivity contribution < 1.29 is 36.2 Å². The maximum absolute atomic E-state index is 14.6. The van der Waals surface area contributed by atoms with Gasteiger partial charge in [-0.15, -0.1) is 0 Å². The Morgan fingerprint density at radius 1 is 1.22 bits per heavy atom. The van der Waals surface area contributed by atoms with Crippen LogP contribution in [0.5, 0.6) is 5.75 Å². The van der Waals surface area contributed by atoms with Crippen molar-refractivity contribution in [2.24, 2.45) is 11.0 Å². The van der Waals surface area contributed by atoms with Gasteiger partial charge >= 0.3 is 6.18 Å². The summed E-state index contributed by atoms with van der Waals surface area (Å²) < 4.78 is 87.2. The van der Waals surface area contributed by atoms with Crippen LogP contribution < -0.4 is 4.74 Å². The number of aromatic nitrogens is 3. The Hall–Kier alpha value is -3.19. The largest absolute Gasteiger partial charge is 0.493 e. The predicted octanol–water partition coefficient (Wildman–Crippen LogP) is 5.31. The number of pyridine rings is 1. The molecule has 0 unspecified atom stereocenters. The van der Waals surface area contributed by atoms with Gasteiger partial charge in [-0.2, -0.15) is 22.7 Å². The molecule has 5 rings (SSSR count). The lowest BCUT2D eigenvalue weighted by Crippen LogP contribution is -2.46. The number of fused-ring (bicyclic) bond motifs is 1. The lowest BCUT2D eigenvalue weighted by molar-refractivity contribution is -0.275. The first kappa shape index (κ1) is 24.5. The van der Waals surface area contributed by atoms with Gasteiger partial charge in [-0.1, -0.05) is 13.0 Å². The van der Waals surface area contributed by atoms with Crippen LogP contribution in [0.1, 0.15) is 43.0 Å². The van der Waals surface area contributed by atoms with Crippen molar-refractivity contribution in [3.63, 3.8) is 0 Å². The first-order chi connectivity index (χ1) is 17.0. The van der Waals surface area contributed by atoms with Crippen molar-refractivity contribution in [1.82, 2.24) is 15.0 Å². The average Bonchev–Trinajstić information content (AvgIpc) is 3.35. The fourth-order valence-electron chi connectivity index (χ4n) is 5.03. The fraction of sp³-hybridized carbons (Fsp3) is 0.478. The molecule has 4 atom stereocenters. The maximum Gasteiger partial charge on any atom is 0.417 e. The number of ether oxygens (including phenoxy) is 3. The molecule has 1 aromatic carbocycles. The number of halogens is 5. The van der Waals surface area contributed by atoms with Crippen LogP contribution in [0, 0.1) is 23.1 Å². The third-order valence-corrected chi connectivity index (χ3v) is 7.34. The summed E-state index contributed by atoms with van der Waals surface area (Å²) in [5.74, 6) is -5.30. The second-order valence-electron chi connectivity index (χ2n) is 9.26. The number of H-pyrrole nitrogens is 1. The molecule has 2 fully saturated rings. The summed E-state index contributed by atoms with van der Waals surface area (Å²) in [5, 5.41) is 3.66. The minimum atomic E-state index is -4.78. The van der Waals surface area contributed by atoms with E-state index in [1.54, 1.807) is 6.07 Å². The third kappa shape index (κ3) is 3.32. The molecule has 2 N–H and O–H groups in total. The van der Waals surface area contributed by atoms with E-state index in [-0.39, 0.29) is 24.6 Å². The summed E-state index contributed by atoms with van der Waals surface area (Å²) >= 11 is 0. The van der Waals surface area contributed by atoms with Gasteiger partial charge in [0.05, 0.1) is 25.8 Å². The molecular weight excluding hydrogens is 489 g/mol. The number of hydrogen-bond acceptors (Lipinski definition) is 7. The van der Waals surface area contributed by atoms with Gasteiger partial charge in [0.15, 0.2) is 22.7 Å². The Labute approximate surface area is 201 Å². The van der Waals surface area contributed by atoms with Crippen LogP contribution in [0.4, 0.5) is 22.0 Å². The van der Waals surface area contributed by atoms with Crippen molar-refractivity contribution in [3.8, 4) is 5.75 Å². The molecule has 192 valence electrons. The van der Waals surface area contributed by atoms with Crippen LogP contribution in [0.2, 0.25) is 0 Å². The molecule has 3 aromatic rings. The van der Waals surface area contributed by atoms with Crippen LogP contribution in [-0.4, -0.2) is 47.1 Å². The number of rotatable bonds is 5. The van der Waals surface area contributed by atoms with Crippen molar-refractivity contribution in [2.45, 2.75) is 43.2 Å². The molecule has 8 nitrogen and oxygen atoms in total. The van der Waals surface area contributed by atoms with E-state index in [2.05, 4.69) is 20.1 Å². The molecule has 13 heteroatoms. The smallest absolute Gasteiger partial charge is 0.417 e. The number of benzene rings is 1. The van der Waals surface area contributed by atoms with Crippen molar-refractivity contribution in [1.29, 1.82) is 5.53 Å². The van der Waals surface area contributed by atoms with Crippen molar-refractivity contribution in [3.05, 3.63) is 53.1 Å². The standard InChI is InChI=1S/C23H22F5N5O3/c1-10-14(11-4-5-12(24)15(25)17(11)34-3)18(36-21(10,2)23(26,27)28)20-31-13-6-7-30-19(16(13)32-20)22(33-29)8-35-9-22/h4-7,10,14,18,29H,8-9H2,1-3H3,(H,31,32)/t10-,14-,18+,21+/m0/s1. The summed E-state index contributed by atoms with van der Waals surface area (Å²) in [7, 11) is 1.11. The summed E-state index contributed by atoms with van der Waals surface area (Å²) in [6.07, 6.45) is -4.63. The number of aromatic amines is 1. The molecule has 0 aliphatic carbocycles. The molecule has 2 aromatic heterocycles. The number of alkyl halides is 3. The molecule has 2 aliphatic heterocycles. The van der Waals surface area contributed by atoms with E-state index >= 15 is 0 Å². The highest BCUT2D eigenvalue weighted by atomic mass is 19.4. The van der Waals surface area contributed by atoms with Crippen LogP contribution >= 0.6 is 0 Å². The average molecular weight is 511 g/mol. The first-order valence-electron chi connectivity index (χ1n) is 11.1. The van der Waals surface area contributed by atoms with Gasteiger partial charge < -0.3 is 19.2 Å². The van der Waals surface area contributed by atoms with E-state index < -0.39 is 52.6 Å². The zero-order valence-electron chi connectivity index (χ0n) is 19.4. The molecule has 2 saturated heterocycles. The molecule has 2 aliphatic rings. The zero-order valence-corrected chi connectivity index (χ0v) is 19.4. The first-order valence-corrected chi connectivity index (χ1v) is 11.1. The van der Waals surface area contributed by atoms with Gasteiger partial charge in [-0.3, -0.25) is 4.98 Å². The van der Waals surface area contributed by atoms with Gasteiger partial charge in [0.2, 0.25) is 5.82 Å². The van der Waals surface area contributed by atoms with Gasteiger partial charge in [0.1, 0.15) is 23.1 Å². The second-order valence-corrected chi connectivity index (χ2v) is 9.26. The Morgan fingerprint density at radius 2 is 1.94 bits per heavy atom. The Bertz CT molecular complexity index is 1340. The quantitative estimate of drug-likeness (QED) is 0.357. The maximum atomic E-state index is 14.6.